The monoisotopic (exact) mass is 441 g/mol. The molecule has 0 aromatic heterocycles. The van der Waals surface area contributed by atoms with E-state index in [0.29, 0.717) is 30.2 Å². The van der Waals surface area contributed by atoms with E-state index in [9.17, 15) is 4.79 Å². The minimum Gasteiger partial charge on any atom is -0.493 e. The van der Waals surface area contributed by atoms with Gasteiger partial charge in [-0.3, -0.25) is 4.79 Å². The number of amides is 1. The zero-order chi connectivity index (χ0) is 17.5. The Hall–Kier alpha value is -1.96. The summed E-state index contributed by atoms with van der Waals surface area (Å²) in [6.45, 7) is 0.911. The van der Waals surface area contributed by atoms with Crippen molar-refractivity contribution in [3.63, 3.8) is 0 Å². The Morgan fingerprint density at radius 3 is 2.33 bits per heavy atom. The summed E-state index contributed by atoms with van der Waals surface area (Å²) < 4.78 is 17.0. The van der Waals surface area contributed by atoms with Gasteiger partial charge in [0.25, 0.3) is 5.91 Å². The van der Waals surface area contributed by atoms with Crippen LogP contribution in [0.5, 0.6) is 17.2 Å². The molecule has 0 bridgehead atoms. The Morgan fingerprint density at radius 2 is 1.71 bits per heavy atom. The Kier molecular flexibility index (Phi) is 6.72. The number of benzene rings is 2. The molecule has 0 fully saturated rings. The van der Waals surface area contributed by atoms with Crippen molar-refractivity contribution in [1.29, 1.82) is 0 Å². The highest BCUT2D eigenvalue weighted by atomic mass is 127. The van der Waals surface area contributed by atoms with E-state index >= 15 is 0 Å². The average molecular weight is 441 g/mol. The van der Waals surface area contributed by atoms with Gasteiger partial charge in [0.15, 0.2) is 11.5 Å². The first-order chi connectivity index (χ1) is 11.6. The summed E-state index contributed by atoms with van der Waals surface area (Å²) in [5.74, 6) is 1.85. The zero-order valence-corrected chi connectivity index (χ0v) is 16.1. The van der Waals surface area contributed by atoms with Crippen molar-refractivity contribution >= 4 is 28.5 Å². The fraction of sp³-hybridized carbons (Fsp3) is 0.278. The maximum absolute atomic E-state index is 12.6. The molecule has 0 spiro atoms. The van der Waals surface area contributed by atoms with Gasteiger partial charge in [-0.25, -0.2) is 0 Å². The third kappa shape index (κ3) is 4.53. The first-order valence-corrected chi connectivity index (χ1v) is 8.49. The lowest BCUT2D eigenvalue weighted by Crippen LogP contribution is -2.31. The van der Waals surface area contributed by atoms with Crippen molar-refractivity contribution in [2.45, 2.75) is 0 Å². The summed E-state index contributed by atoms with van der Waals surface area (Å²) in [5, 5.41) is 0. The number of hydrogen-bond donors (Lipinski definition) is 0. The maximum atomic E-state index is 12.6. The summed E-state index contributed by atoms with van der Waals surface area (Å²) in [6.07, 6.45) is 0. The molecular weight excluding hydrogens is 421 g/mol. The Morgan fingerprint density at radius 1 is 1.08 bits per heavy atom. The molecule has 0 saturated heterocycles. The molecule has 0 saturated carbocycles. The molecule has 2 aromatic carbocycles. The number of methoxy groups -OCH3 is 2. The van der Waals surface area contributed by atoms with Crippen molar-refractivity contribution in [1.82, 2.24) is 4.90 Å². The van der Waals surface area contributed by atoms with Gasteiger partial charge in [-0.2, -0.15) is 0 Å². The molecule has 0 aliphatic heterocycles. The fourth-order valence-corrected chi connectivity index (χ4v) is 2.81. The number of ether oxygens (including phenoxy) is 3. The summed E-state index contributed by atoms with van der Waals surface area (Å²) in [6, 6.07) is 13.0. The van der Waals surface area contributed by atoms with Crippen LogP contribution in [0, 0.1) is 3.57 Å². The normalized spacial score (nSPS) is 10.2. The third-order valence-corrected chi connectivity index (χ3v) is 4.38. The number of para-hydroxylation sites is 1. The molecule has 1 amide bonds. The van der Waals surface area contributed by atoms with Crippen molar-refractivity contribution in [2.24, 2.45) is 0 Å². The van der Waals surface area contributed by atoms with Gasteiger partial charge in [0.1, 0.15) is 12.4 Å². The molecular formula is C18H20INO4. The van der Waals surface area contributed by atoms with Gasteiger partial charge in [0.05, 0.1) is 26.3 Å². The second kappa shape index (κ2) is 8.77. The highest BCUT2D eigenvalue weighted by Gasteiger charge is 2.18. The van der Waals surface area contributed by atoms with Crippen LogP contribution in [0.1, 0.15) is 10.4 Å². The number of nitrogens with zero attached hydrogens (tertiary/aromatic N) is 1. The van der Waals surface area contributed by atoms with E-state index in [2.05, 4.69) is 22.6 Å². The largest absolute Gasteiger partial charge is 0.493 e. The van der Waals surface area contributed by atoms with Crippen LogP contribution in [0.3, 0.4) is 0 Å². The molecule has 0 atom stereocenters. The van der Waals surface area contributed by atoms with Crippen LogP contribution < -0.4 is 14.2 Å². The molecule has 0 N–H and O–H groups in total. The quantitative estimate of drug-likeness (QED) is 0.618. The second-order valence-corrected chi connectivity index (χ2v) is 6.24. The Labute approximate surface area is 155 Å². The van der Waals surface area contributed by atoms with Crippen molar-refractivity contribution in [2.75, 3.05) is 34.4 Å². The summed E-state index contributed by atoms with van der Waals surface area (Å²) in [4.78, 5) is 14.3. The van der Waals surface area contributed by atoms with E-state index in [4.69, 9.17) is 14.2 Å². The highest BCUT2D eigenvalue weighted by Crippen LogP contribution is 2.31. The van der Waals surface area contributed by atoms with Gasteiger partial charge in [-0.05, 0) is 46.9 Å². The number of rotatable bonds is 7. The van der Waals surface area contributed by atoms with Gasteiger partial charge >= 0.3 is 0 Å². The van der Waals surface area contributed by atoms with Gasteiger partial charge in [0.2, 0.25) is 0 Å². The molecule has 24 heavy (non-hydrogen) atoms. The average Bonchev–Trinajstić information content (AvgIpc) is 2.61. The number of halogens is 1. The lowest BCUT2D eigenvalue weighted by molar-refractivity contribution is 0.0772. The molecule has 0 radical (unpaired) electrons. The standard InChI is InChI=1S/C18H20INO4/c1-20(9-10-24-13-7-5-4-6-8-13)18(21)14-11-16(22-2)17(23-3)12-15(14)19/h4-8,11-12H,9-10H2,1-3H3. The highest BCUT2D eigenvalue weighted by molar-refractivity contribution is 14.1. The van der Waals surface area contributed by atoms with E-state index in [0.717, 1.165) is 9.32 Å². The van der Waals surface area contributed by atoms with E-state index in [1.165, 1.54) is 0 Å². The van der Waals surface area contributed by atoms with Gasteiger partial charge < -0.3 is 19.1 Å². The summed E-state index contributed by atoms with van der Waals surface area (Å²) in [5.41, 5.74) is 0.579. The molecule has 2 rings (SSSR count). The van der Waals surface area contributed by atoms with Crippen LogP contribution in [-0.2, 0) is 0 Å². The van der Waals surface area contributed by atoms with E-state index in [-0.39, 0.29) is 5.91 Å². The van der Waals surface area contributed by atoms with Crippen molar-refractivity contribution in [3.05, 3.63) is 51.6 Å². The maximum Gasteiger partial charge on any atom is 0.254 e. The predicted molar refractivity (Wildman–Crippen MR) is 101 cm³/mol. The molecule has 6 heteroatoms. The molecule has 2 aromatic rings. The van der Waals surface area contributed by atoms with Crippen LogP contribution in [-0.4, -0.2) is 45.2 Å². The minimum atomic E-state index is -0.0861. The third-order valence-electron chi connectivity index (χ3n) is 3.49. The minimum absolute atomic E-state index is 0.0861. The number of likely N-dealkylation sites (N-methyl/N-ethyl adjacent to an activating group) is 1. The SMILES string of the molecule is COc1cc(I)c(C(=O)N(C)CCOc2ccccc2)cc1OC. The molecule has 0 aliphatic rings. The van der Waals surface area contributed by atoms with Crippen LogP contribution in [0.15, 0.2) is 42.5 Å². The molecule has 128 valence electrons. The second-order valence-electron chi connectivity index (χ2n) is 5.08. The van der Waals surface area contributed by atoms with Crippen LogP contribution in [0.4, 0.5) is 0 Å². The first kappa shape index (κ1) is 18.4. The van der Waals surface area contributed by atoms with Crippen LogP contribution in [0.25, 0.3) is 0 Å². The Bertz CT molecular complexity index is 691. The van der Waals surface area contributed by atoms with E-state index in [1.807, 2.05) is 30.3 Å². The van der Waals surface area contributed by atoms with Crippen LogP contribution in [0.2, 0.25) is 0 Å². The van der Waals surface area contributed by atoms with E-state index in [1.54, 1.807) is 38.3 Å². The lowest BCUT2D eigenvalue weighted by Gasteiger charge is -2.19. The topological polar surface area (TPSA) is 48.0 Å². The fourth-order valence-electron chi connectivity index (χ4n) is 2.14. The summed E-state index contributed by atoms with van der Waals surface area (Å²) in [7, 11) is 4.88. The lowest BCUT2D eigenvalue weighted by atomic mass is 10.1. The van der Waals surface area contributed by atoms with Gasteiger partial charge in [0, 0.05) is 10.6 Å². The van der Waals surface area contributed by atoms with Crippen molar-refractivity contribution in [3.8, 4) is 17.2 Å². The molecule has 0 heterocycles. The first-order valence-electron chi connectivity index (χ1n) is 7.41. The smallest absolute Gasteiger partial charge is 0.254 e. The Balaban J connectivity index is 2.02. The molecule has 5 nitrogen and oxygen atoms in total. The van der Waals surface area contributed by atoms with Gasteiger partial charge in [-0.1, -0.05) is 18.2 Å². The van der Waals surface area contributed by atoms with Gasteiger partial charge in [-0.15, -0.1) is 0 Å². The number of carbonyl (C=O) groups excluding carboxylic acids is 1. The number of carbonyl (C=O) groups is 1. The number of hydrogen-bond acceptors (Lipinski definition) is 4. The van der Waals surface area contributed by atoms with Crippen molar-refractivity contribution < 1.29 is 19.0 Å². The van der Waals surface area contributed by atoms with Crippen LogP contribution >= 0.6 is 22.6 Å². The molecule has 0 unspecified atom stereocenters. The van der Waals surface area contributed by atoms with E-state index < -0.39 is 0 Å². The summed E-state index contributed by atoms with van der Waals surface area (Å²) >= 11 is 2.12. The zero-order valence-electron chi connectivity index (χ0n) is 13.9. The molecule has 0 aliphatic carbocycles. The predicted octanol–water partition coefficient (Wildman–Crippen LogP) is 3.46.